The molecule has 1 fully saturated rings. The van der Waals surface area contributed by atoms with Crippen LogP contribution in [0.5, 0.6) is 0 Å². The van der Waals surface area contributed by atoms with Crippen LogP contribution in [0.15, 0.2) is 6.20 Å². The molecule has 0 aromatic carbocycles. The monoisotopic (exact) mass is 290 g/mol. The van der Waals surface area contributed by atoms with Gasteiger partial charge in [0.2, 0.25) is 0 Å². The molecule has 1 aliphatic heterocycles. The minimum absolute atomic E-state index is 0.204. The van der Waals surface area contributed by atoms with Gasteiger partial charge in [0.15, 0.2) is 0 Å². The molecule has 1 aromatic rings. The lowest BCUT2D eigenvalue weighted by Crippen LogP contribution is -2.39. The third-order valence-electron chi connectivity index (χ3n) is 4.25. The highest BCUT2D eigenvalue weighted by Crippen LogP contribution is 2.35. The number of aromatic nitrogens is 2. The van der Waals surface area contributed by atoms with Crippen molar-refractivity contribution < 1.29 is 0 Å². The summed E-state index contributed by atoms with van der Waals surface area (Å²) < 4.78 is 0. The summed E-state index contributed by atoms with van der Waals surface area (Å²) in [6.45, 7) is 15.2. The number of rotatable bonds is 5. The Bertz CT molecular complexity index is 480. The topological polar surface area (TPSA) is 41.1 Å². The summed E-state index contributed by atoms with van der Waals surface area (Å²) in [5, 5.41) is 3.50. The number of hydrogen-bond acceptors (Lipinski definition) is 4. The second kappa shape index (κ2) is 6.30. The van der Waals surface area contributed by atoms with Crippen LogP contribution in [0.4, 0.5) is 5.69 Å². The summed E-state index contributed by atoms with van der Waals surface area (Å²) in [6, 6.07) is 0.460. The fourth-order valence-corrected chi connectivity index (χ4v) is 2.91. The van der Waals surface area contributed by atoms with Crippen LogP contribution in [0.25, 0.3) is 0 Å². The molecule has 1 saturated heterocycles. The molecule has 4 nitrogen and oxygen atoms in total. The summed E-state index contributed by atoms with van der Waals surface area (Å²) >= 11 is 0. The number of hydrogen-bond donors (Lipinski definition) is 1. The van der Waals surface area contributed by atoms with E-state index in [1.165, 1.54) is 18.5 Å². The smallest absolute Gasteiger partial charge is 0.131 e. The highest BCUT2D eigenvalue weighted by molar-refractivity contribution is 5.52. The number of anilines is 1. The Morgan fingerprint density at radius 1 is 1.29 bits per heavy atom. The van der Waals surface area contributed by atoms with Crippen LogP contribution in [0, 0.1) is 0 Å². The molecule has 1 aromatic heterocycles. The van der Waals surface area contributed by atoms with Gasteiger partial charge >= 0.3 is 0 Å². The van der Waals surface area contributed by atoms with Crippen molar-refractivity contribution >= 4 is 5.69 Å². The largest absolute Gasteiger partial charge is 0.364 e. The van der Waals surface area contributed by atoms with Crippen LogP contribution >= 0.6 is 0 Å². The zero-order chi connectivity index (χ0) is 15.6. The Morgan fingerprint density at radius 2 is 2.00 bits per heavy atom. The van der Waals surface area contributed by atoms with Crippen LogP contribution in [-0.4, -0.2) is 28.1 Å². The zero-order valence-corrected chi connectivity index (χ0v) is 14.4. The molecule has 0 atom stereocenters. The van der Waals surface area contributed by atoms with Crippen LogP contribution < -0.4 is 10.2 Å². The maximum atomic E-state index is 4.84. The first-order chi connectivity index (χ1) is 9.81. The van der Waals surface area contributed by atoms with Crippen molar-refractivity contribution in [2.75, 3.05) is 11.4 Å². The van der Waals surface area contributed by atoms with E-state index in [0.29, 0.717) is 12.0 Å². The van der Waals surface area contributed by atoms with Gasteiger partial charge in [-0.15, -0.1) is 0 Å². The molecule has 2 rings (SSSR count). The molecule has 0 radical (unpaired) electrons. The van der Waals surface area contributed by atoms with E-state index in [1.54, 1.807) is 0 Å². The van der Waals surface area contributed by atoms with E-state index in [-0.39, 0.29) is 5.54 Å². The van der Waals surface area contributed by atoms with Crippen LogP contribution in [0.3, 0.4) is 0 Å². The lowest BCUT2D eigenvalue weighted by atomic mass is 10.0. The van der Waals surface area contributed by atoms with Gasteiger partial charge in [0.25, 0.3) is 0 Å². The second-order valence-corrected chi connectivity index (χ2v) is 7.32. The van der Waals surface area contributed by atoms with Gasteiger partial charge < -0.3 is 10.2 Å². The molecule has 0 unspecified atom stereocenters. The molecule has 0 spiro atoms. The van der Waals surface area contributed by atoms with Crippen LogP contribution in [-0.2, 0) is 6.54 Å². The van der Waals surface area contributed by atoms with E-state index < -0.39 is 0 Å². The molecule has 21 heavy (non-hydrogen) atoms. The lowest BCUT2D eigenvalue weighted by molar-refractivity contribution is 0.511. The lowest BCUT2D eigenvalue weighted by Gasteiger charge is -2.34. The highest BCUT2D eigenvalue weighted by atomic mass is 15.2. The number of nitrogens with one attached hydrogen (secondary N) is 1. The molecular weight excluding hydrogens is 260 g/mol. The number of nitrogens with zero attached hydrogens (tertiary/aromatic N) is 3. The first-order valence-corrected chi connectivity index (χ1v) is 8.18. The Labute approximate surface area is 129 Å². The summed E-state index contributed by atoms with van der Waals surface area (Å²) in [5.41, 5.74) is 2.54. The average molecular weight is 290 g/mol. The minimum atomic E-state index is 0.204. The fraction of sp³-hybridized carbons (Fsp3) is 0.765. The van der Waals surface area contributed by atoms with Crippen molar-refractivity contribution in [3.63, 3.8) is 0 Å². The average Bonchev–Trinajstić information content (AvgIpc) is 2.75. The zero-order valence-electron chi connectivity index (χ0n) is 14.4. The predicted octanol–water partition coefficient (Wildman–Crippen LogP) is 3.48. The summed E-state index contributed by atoms with van der Waals surface area (Å²) in [4.78, 5) is 11.9. The third-order valence-corrected chi connectivity index (χ3v) is 4.25. The van der Waals surface area contributed by atoms with Gasteiger partial charge in [-0.2, -0.15) is 0 Å². The molecule has 0 aliphatic carbocycles. The highest BCUT2D eigenvalue weighted by Gasteiger charge is 2.33. The third kappa shape index (κ3) is 3.73. The van der Waals surface area contributed by atoms with E-state index in [2.05, 4.69) is 56.7 Å². The van der Waals surface area contributed by atoms with Gasteiger partial charge in [-0.3, -0.25) is 0 Å². The standard InChI is InChI=1S/C17H30N4/c1-12(2)16-19-11-15(14(20-16)10-18-13(3)4)21-9-7-8-17(21,5)6/h11-13,18H,7-10H2,1-6H3. The van der Waals surface area contributed by atoms with Crippen molar-refractivity contribution in [2.45, 2.75) is 78.4 Å². The van der Waals surface area contributed by atoms with Crippen molar-refractivity contribution in [1.29, 1.82) is 0 Å². The molecule has 118 valence electrons. The first-order valence-electron chi connectivity index (χ1n) is 8.18. The molecular formula is C17H30N4. The molecule has 0 bridgehead atoms. The fourth-order valence-electron chi connectivity index (χ4n) is 2.91. The molecule has 0 amide bonds. The van der Waals surface area contributed by atoms with E-state index in [9.17, 15) is 0 Å². The Morgan fingerprint density at radius 3 is 2.52 bits per heavy atom. The van der Waals surface area contributed by atoms with E-state index >= 15 is 0 Å². The summed E-state index contributed by atoms with van der Waals surface area (Å²) in [7, 11) is 0. The normalized spacial score (nSPS) is 18.0. The molecule has 4 heteroatoms. The van der Waals surface area contributed by atoms with E-state index in [0.717, 1.165) is 24.6 Å². The van der Waals surface area contributed by atoms with Gasteiger partial charge in [-0.1, -0.05) is 27.7 Å². The molecule has 1 N–H and O–H groups in total. The van der Waals surface area contributed by atoms with Gasteiger partial charge in [0, 0.05) is 30.6 Å². The maximum Gasteiger partial charge on any atom is 0.131 e. The van der Waals surface area contributed by atoms with Gasteiger partial charge in [-0.25, -0.2) is 9.97 Å². The van der Waals surface area contributed by atoms with Gasteiger partial charge in [-0.05, 0) is 26.7 Å². The van der Waals surface area contributed by atoms with Crippen LogP contribution in [0.1, 0.15) is 71.8 Å². The Hall–Kier alpha value is -1.16. The van der Waals surface area contributed by atoms with E-state index in [1.807, 2.05) is 6.20 Å². The second-order valence-electron chi connectivity index (χ2n) is 7.32. The SMILES string of the molecule is CC(C)NCc1nc(C(C)C)ncc1N1CCCC1(C)C. The Balaban J connectivity index is 2.34. The maximum absolute atomic E-state index is 4.84. The van der Waals surface area contributed by atoms with Crippen molar-refractivity contribution in [3.05, 3.63) is 17.7 Å². The summed E-state index contributed by atoms with van der Waals surface area (Å²) in [6.07, 6.45) is 4.51. The van der Waals surface area contributed by atoms with E-state index in [4.69, 9.17) is 4.98 Å². The molecule has 1 aliphatic rings. The van der Waals surface area contributed by atoms with Crippen molar-refractivity contribution in [1.82, 2.24) is 15.3 Å². The molecule has 0 saturated carbocycles. The van der Waals surface area contributed by atoms with Crippen molar-refractivity contribution in [3.8, 4) is 0 Å². The van der Waals surface area contributed by atoms with Gasteiger partial charge in [0.1, 0.15) is 5.82 Å². The predicted molar refractivity (Wildman–Crippen MR) is 88.8 cm³/mol. The van der Waals surface area contributed by atoms with Crippen LogP contribution in [0.2, 0.25) is 0 Å². The van der Waals surface area contributed by atoms with Crippen molar-refractivity contribution in [2.24, 2.45) is 0 Å². The quantitative estimate of drug-likeness (QED) is 0.901. The minimum Gasteiger partial charge on any atom is -0.364 e. The molecule has 2 heterocycles. The summed E-state index contributed by atoms with van der Waals surface area (Å²) in [5.74, 6) is 1.31. The Kier molecular flexibility index (Phi) is 4.87. The van der Waals surface area contributed by atoms with Gasteiger partial charge in [0.05, 0.1) is 17.6 Å². The first kappa shape index (κ1) is 16.2.